The van der Waals surface area contributed by atoms with Crippen molar-refractivity contribution in [2.24, 2.45) is 10.9 Å². The molecule has 65 heavy (non-hydrogen) atoms. The maximum Gasteiger partial charge on any atom is 0.0506 e. The van der Waals surface area contributed by atoms with Gasteiger partial charge in [-0.15, -0.1) is 0 Å². The molecule has 0 N–H and O–H groups in total. The third-order valence-electron chi connectivity index (χ3n) is 14.3. The summed E-state index contributed by atoms with van der Waals surface area (Å²) < 4.78 is 0. The quantitative estimate of drug-likeness (QED) is 0.0570. The summed E-state index contributed by atoms with van der Waals surface area (Å²) in [6, 6.07) is 28.3. The molecule has 1 nitrogen and oxygen atoms in total. The van der Waals surface area contributed by atoms with Crippen LogP contribution < -0.4 is 0 Å². The van der Waals surface area contributed by atoms with E-state index in [1.54, 1.807) is 5.57 Å². The smallest absolute Gasteiger partial charge is 0.0506 e. The molecule has 4 aliphatic rings. The standard InChI is InChI=1S/C64H71N/c1-6-8-9-12-28-55-43-52(39-38-49-36-37-49)47(4)58-41-40-56(45-63(55)58)60-32-20-19-31-59(60)53-29-17-18-30-54(44-53)61-33-21-22-34-62(61)64(65-48(5)50-24-13-10-14-25-50)42-35-46(3)57(23-7-2)51-26-15-11-16-27-51/h8-13,15,17-22,26,28-34,36,38-41,43,45,48,50,53-54H,6-7,14,16,23-25,27,35,37,42,44H2,1-5H3. The number of aryl methyl sites for hydroxylation is 1. The highest BCUT2D eigenvalue weighted by atomic mass is 14.8. The van der Waals surface area contributed by atoms with Crippen LogP contribution in [0.2, 0.25) is 0 Å². The molecule has 4 aromatic rings. The van der Waals surface area contributed by atoms with Crippen molar-refractivity contribution in [1.29, 1.82) is 0 Å². The van der Waals surface area contributed by atoms with Crippen molar-refractivity contribution in [2.75, 3.05) is 0 Å². The lowest BCUT2D eigenvalue weighted by Gasteiger charge is -2.26. The Bertz CT molecular complexity index is 2670. The second-order valence-electron chi connectivity index (χ2n) is 18.9. The van der Waals surface area contributed by atoms with Gasteiger partial charge >= 0.3 is 0 Å². The lowest BCUT2D eigenvalue weighted by atomic mass is 9.80. The molecule has 1 heteroatoms. The Hall–Kier alpha value is -5.79. The fourth-order valence-corrected chi connectivity index (χ4v) is 10.4. The zero-order valence-corrected chi connectivity index (χ0v) is 39.9. The summed E-state index contributed by atoms with van der Waals surface area (Å²) in [5, 5.41) is 2.61. The molecule has 4 atom stereocenters. The van der Waals surface area contributed by atoms with Crippen molar-refractivity contribution < 1.29 is 0 Å². The van der Waals surface area contributed by atoms with E-state index in [-0.39, 0.29) is 17.9 Å². The van der Waals surface area contributed by atoms with Crippen LogP contribution in [-0.4, -0.2) is 11.8 Å². The van der Waals surface area contributed by atoms with Gasteiger partial charge in [0.15, 0.2) is 0 Å². The van der Waals surface area contributed by atoms with E-state index in [4.69, 9.17) is 4.99 Å². The van der Waals surface area contributed by atoms with Crippen LogP contribution in [0.3, 0.4) is 0 Å². The number of nitrogens with zero attached hydrogens (tertiary/aromatic N) is 1. The normalized spacial score (nSPS) is 20.8. The number of allylic oxidation sites excluding steroid dienone is 18. The molecule has 0 saturated heterocycles. The Morgan fingerprint density at radius 1 is 0.769 bits per heavy atom. The van der Waals surface area contributed by atoms with E-state index in [9.17, 15) is 0 Å². The molecule has 4 aromatic carbocycles. The summed E-state index contributed by atoms with van der Waals surface area (Å²) in [4.78, 5) is 5.74. The first kappa shape index (κ1) is 45.8. The van der Waals surface area contributed by atoms with Crippen molar-refractivity contribution in [2.45, 2.75) is 130 Å². The zero-order chi connectivity index (χ0) is 45.0. The van der Waals surface area contributed by atoms with Gasteiger partial charge in [-0.1, -0.05) is 184 Å². The van der Waals surface area contributed by atoms with Gasteiger partial charge < -0.3 is 0 Å². The van der Waals surface area contributed by atoms with Crippen molar-refractivity contribution in [3.63, 3.8) is 0 Å². The van der Waals surface area contributed by atoms with E-state index in [0.717, 1.165) is 64.2 Å². The number of hydrogen-bond acceptors (Lipinski definition) is 1. The van der Waals surface area contributed by atoms with E-state index < -0.39 is 0 Å². The predicted molar refractivity (Wildman–Crippen MR) is 285 cm³/mol. The maximum atomic E-state index is 5.74. The topological polar surface area (TPSA) is 12.4 Å². The predicted octanol–water partition coefficient (Wildman–Crippen LogP) is 18.2. The van der Waals surface area contributed by atoms with Gasteiger partial charge in [0, 0.05) is 17.5 Å². The summed E-state index contributed by atoms with van der Waals surface area (Å²) in [5.41, 5.74) is 17.9. The third kappa shape index (κ3) is 11.5. The first-order valence-electron chi connectivity index (χ1n) is 25.0. The number of aliphatic imine (C=N–C) groups is 1. The molecule has 0 amide bonds. The van der Waals surface area contributed by atoms with Gasteiger partial charge in [-0.05, 0) is 181 Å². The SMILES string of the molecule is CCC=CC=Cc1cc(C=CC2=CC2)c(C)c2ccc(-c3ccccc3C3C=CC=CC(c4ccccc4C(CCC(C)=C(CCC)C4=CC=CCC4)=NC(C)C4CC=CCC4)C3)cc12. The fraction of sp³-hybridized carbons (Fsp3) is 0.328. The lowest BCUT2D eigenvalue weighted by Crippen LogP contribution is -2.20. The molecule has 332 valence electrons. The van der Waals surface area contributed by atoms with Gasteiger partial charge in [-0.25, -0.2) is 0 Å². The number of hydrogen-bond donors (Lipinski definition) is 0. The molecule has 4 aliphatic carbocycles. The minimum atomic E-state index is 0.243. The molecule has 0 bridgehead atoms. The van der Waals surface area contributed by atoms with Crippen molar-refractivity contribution >= 4 is 28.6 Å². The van der Waals surface area contributed by atoms with Gasteiger partial charge in [0.05, 0.1) is 6.04 Å². The van der Waals surface area contributed by atoms with Crippen LogP contribution in [0.25, 0.3) is 34.1 Å². The van der Waals surface area contributed by atoms with Gasteiger partial charge in [-0.2, -0.15) is 0 Å². The van der Waals surface area contributed by atoms with E-state index in [1.165, 1.54) is 90.6 Å². The van der Waals surface area contributed by atoms with Crippen LogP contribution in [0.15, 0.2) is 185 Å². The second kappa shape index (κ2) is 22.4. The van der Waals surface area contributed by atoms with E-state index >= 15 is 0 Å². The van der Waals surface area contributed by atoms with Crippen LogP contribution in [0.4, 0.5) is 0 Å². The monoisotopic (exact) mass is 854 g/mol. The van der Waals surface area contributed by atoms with Gasteiger partial charge in [0.1, 0.15) is 0 Å². The molecular weight excluding hydrogens is 783 g/mol. The second-order valence-corrected chi connectivity index (χ2v) is 18.9. The Balaban J connectivity index is 1.13. The first-order valence-corrected chi connectivity index (χ1v) is 25.0. The van der Waals surface area contributed by atoms with Gasteiger partial charge in [-0.3, -0.25) is 4.99 Å². The number of benzene rings is 4. The lowest BCUT2D eigenvalue weighted by molar-refractivity contribution is 0.410. The minimum Gasteiger partial charge on any atom is -0.286 e. The first-order chi connectivity index (χ1) is 31.9. The third-order valence-corrected chi connectivity index (χ3v) is 14.3. The highest BCUT2D eigenvalue weighted by molar-refractivity contribution is 6.02. The van der Waals surface area contributed by atoms with Crippen LogP contribution in [0.5, 0.6) is 0 Å². The fourth-order valence-electron chi connectivity index (χ4n) is 10.4. The summed E-state index contributed by atoms with van der Waals surface area (Å²) in [5.74, 6) is 1.07. The molecular formula is C64H71N. The van der Waals surface area contributed by atoms with Crippen LogP contribution in [0.1, 0.15) is 150 Å². The van der Waals surface area contributed by atoms with E-state index in [0.29, 0.717) is 5.92 Å². The number of fused-ring (bicyclic) bond motifs is 1. The summed E-state index contributed by atoms with van der Waals surface area (Å²) in [6.07, 6.45) is 50.2. The van der Waals surface area contributed by atoms with Crippen LogP contribution in [0, 0.1) is 12.8 Å². The Morgan fingerprint density at radius 3 is 2.32 bits per heavy atom. The average Bonchev–Trinajstić information content (AvgIpc) is 4.22. The number of rotatable bonds is 17. The van der Waals surface area contributed by atoms with Crippen LogP contribution in [-0.2, 0) is 0 Å². The average molecular weight is 854 g/mol. The molecule has 8 rings (SSSR count). The maximum absolute atomic E-state index is 5.74. The van der Waals surface area contributed by atoms with Gasteiger partial charge in [0.2, 0.25) is 0 Å². The Kier molecular flexibility index (Phi) is 15.8. The highest BCUT2D eigenvalue weighted by Crippen LogP contribution is 2.42. The van der Waals surface area contributed by atoms with Crippen molar-refractivity contribution in [3.05, 3.63) is 214 Å². The molecule has 0 aromatic heterocycles. The molecule has 0 fully saturated rings. The van der Waals surface area contributed by atoms with Gasteiger partial charge in [0.25, 0.3) is 0 Å². The molecule has 0 saturated carbocycles. The zero-order valence-electron chi connectivity index (χ0n) is 39.9. The van der Waals surface area contributed by atoms with E-state index in [1.807, 2.05) is 0 Å². The van der Waals surface area contributed by atoms with Crippen molar-refractivity contribution in [3.8, 4) is 11.1 Å². The summed E-state index contributed by atoms with van der Waals surface area (Å²) in [6.45, 7) is 11.6. The molecule has 0 aliphatic heterocycles. The summed E-state index contributed by atoms with van der Waals surface area (Å²) in [7, 11) is 0. The largest absolute Gasteiger partial charge is 0.286 e. The summed E-state index contributed by atoms with van der Waals surface area (Å²) >= 11 is 0. The van der Waals surface area contributed by atoms with Crippen molar-refractivity contribution in [1.82, 2.24) is 0 Å². The van der Waals surface area contributed by atoms with Crippen LogP contribution >= 0.6 is 0 Å². The molecule has 0 spiro atoms. The van der Waals surface area contributed by atoms with E-state index in [2.05, 4.69) is 205 Å². The Labute approximate surface area is 392 Å². The minimum absolute atomic E-state index is 0.243. The molecule has 0 radical (unpaired) electrons. The Morgan fingerprint density at radius 2 is 1.57 bits per heavy atom. The molecule has 4 unspecified atom stereocenters. The molecule has 0 heterocycles. The highest BCUT2D eigenvalue weighted by Gasteiger charge is 2.25.